The van der Waals surface area contributed by atoms with Crippen molar-refractivity contribution >= 4 is 5.91 Å². The lowest BCUT2D eigenvalue weighted by atomic mass is 9.98. The van der Waals surface area contributed by atoms with Crippen molar-refractivity contribution in [3.8, 4) is 5.75 Å². The molecule has 1 aromatic carbocycles. The van der Waals surface area contributed by atoms with Gasteiger partial charge in [0.1, 0.15) is 5.75 Å². The monoisotopic (exact) mass is 235 g/mol. The maximum absolute atomic E-state index is 11.1. The molecule has 0 aliphatic rings. The first kappa shape index (κ1) is 13.6. The molecule has 0 heterocycles. The van der Waals surface area contributed by atoms with E-state index in [9.17, 15) is 4.79 Å². The molecule has 1 amide bonds. The highest BCUT2D eigenvalue weighted by molar-refractivity contribution is 5.79. The van der Waals surface area contributed by atoms with Crippen LogP contribution in [0.5, 0.6) is 5.75 Å². The van der Waals surface area contributed by atoms with E-state index in [-0.39, 0.29) is 0 Å². The van der Waals surface area contributed by atoms with Crippen LogP contribution in [0.3, 0.4) is 0 Å². The fraction of sp³-hybridized carbons (Fsp3) is 0.500. The van der Waals surface area contributed by atoms with Crippen molar-refractivity contribution in [3.05, 3.63) is 29.3 Å². The topological polar surface area (TPSA) is 52.3 Å². The molecule has 1 aromatic rings. The molecule has 0 fully saturated rings. The second-order valence-electron chi connectivity index (χ2n) is 4.59. The molecule has 0 saturated heterocycles. The van der Waals surface area contributed by atoms with Gasteiger partial charge in [0.15, 0.2) is 6.10 Å². The number of hydrogen-bond donors (Lipinski definition) is 1. The number of carbonyl (C=O) groups excluding carboxylic acids is 1. The molecule has 0 saturated carbocycles. The smallest absolute Gasteiger partial charge is 0.258 e. The summed E-state index contributed by atoms with van der Waals surface area (Å²) in [4.78, 5) is 11.1. The van der Waals surface area contributed by atoms with Crippen LogP contribution in [0, 0.1) is 6.92 Å². The van der Waals surface area contributed by atoms with Crippen molar-refractivity contribution in [2.75, 3.05) is 0 Å². The number of rotatable bonds is 5. The van der Waals surface area contributed by atoms with E-state index < -0.39 is 12.0 Å². The molecular weight excluding hydrogens is 214 g/mol. The maximum atomic E-state index is 11.1. The SMILES string of the molecule is CCC(Oc1ccc(C(C)C)c(C)c1)C(N)=O. The summed E-state index contributed by atoms with van der Waals surface area (Å²) in [6.07, 6.45) is 0.0413. The molecule has 3 heteroatoms. The van der Waals surface area contributed by atoms with Gasteiger partial charge in [0.2, 0.25) is 0 Å². The van der Waals surface area contributed by atoms with Crippen LogP contribution in [0.25, 0.3) is 0 Å². The summed E-state index contributed by atoms with van der Waals surface area (Å²) >= 11 is 0. The first-order valence-corrected chi connectivity index (χ1v) is 6.02. The Balaban J connectivity index is 2.87. The Kier molecular flexibility index (Phi) is 4.55. The third-order valence-corrected chi connectivity index (χ3v) is 2.83. The van der Waals surface area contributed by atoms with E-state index in [4.69, 9.17) is 10.5 Å². The van der Waals surface area contributed by atoms with Crippen LogP contribution in [-0.4, -0.2) is 12.0 Å². The second kappa shape index (κ2) is 5.71. The van der Waals surface area contributed by atoms with Gasteiger partial charge in [-0.3, -0.25) is 4.79 Å². The molecule has 0 spiro atoms. The summed E-state index contributed by atoms with van der Waals surface area (Å²) in [5, 5.41) is 0. The Hall–Kier alpha value is -1.51. The van der Waals surface area contributed by atoms with E-state index in [0.29, 0.717) is 18.1 Å². The van der Waals surface area contributed by atoms with E-state index in [1.54, 1.807) is 0 Å². The van der Waals surface area contributed by atoms with Crippen molar-refractivity contribution in [3.63, 3.8) is 0 Å². The van der Waals surface area contributed by atoms with Crippen molar-refractivity contribution in [1.82, 2.24) is 0 Å². The van der Waals surface area contributed by atoms with Gasteiger partial charge in [-0.15, -0.1) is 0 Å². The summed E-state index contributed by atoms with van der Waals surface area (Å²) in [6, 6.07) is 5.90. The zero-order chi connectivity index (χ0) is 13.0. The van der Waals surface area contributed by atoms with Gasteiger partial charge >= 0.3 is 0 Å². The number of ether oxygens (including phenoxy) is 1. The average molecular weight is 235 g/mol. The van der Waals surface area contributed by atoms with E-state index in [2.05, 4.69) is 13.8 Å². The largest absolute Gasteiger partial charge is 0.481 e. The summed E-state index contributed by atoms with van der Waals surface area (Å²) in [7, 11) is 0. The predicted octanol–water partition coefficient (Wildman–Crippen LogP) is 2.76. The van der Waals surface area contributed by atoms with Gasteiger partial charge in [0.05, 0.1) is 0 Å². The van der Waals surface area contributed by atoms with Crippen molar-refractivity contribution < 1.29 is 9.53 Å². The van der Waals surface area contributed by atoms with Gasteiger partial charge in [-0.05, 0) is 42.5 Å². The van der Waals surface area contributed by atoms with Crippen LogP contribution in [0.1, 0.15) is 44.2 Å². The lowest BCUT2D eigenvalue weighted by Crippen LogP contribution is -2.33. The number of primary amides is 1. The molecule has 2 N–H and O–H groups in total. The fourth-order valence-corrected chi connectivity index (χ4v) is 1.88. The van der Waals surface area contributed by atoms with Gasteiger partial charge in [0, 0.05) is 0 Å². The number of hydrogen-bond acceptors (Lipinski definition) is 2. The minimum absolute atomic E-state index is 0.418. The molecule has 94 valence electrons. The Morgan fingerprint density at radius 1 is 1.41 bits per heavy atom. The Morgan fingerprint density at radius 3 is 2.47 bits per heavy atom. The Labute approximate surface area is 103 Å². The summed E-state index contributed by atoms with van der Waals surface area (Å²) in [6.45, 7) is 8.24. The number of amides is 1. The number of nitrogens with two attached hydrogens (primary N) is 1. The lowest BCUT2D eigenvalue weighted by molar-refractivity contribution is -0.124. The third kappa shape index (κ3) is 3.48. The first-order chi connectivity index (χ1) is 7.95. The van der Waals surface area contributed by atoms with Crippen LogP contribution in [0.15, 0.2) is 18.2 Å². The van der Waals surface area contributed by atoms with Crippen molar-refractivity contribution in [2.45, 2.75) is 46.1 Å². The minimum Gasteiger partial charge on any atom is -0.481 e. The van der Waals surface area contributed by atoms with Crippen molar-refractivity contribution in [1.29, 1.82) is 0 Å². The normalized spacial score (nSPS) is 12.5. The molecule has 0 bridgehead atoms. The van der Waals surface area contributed by atoms with E-state index in [1.165, 1.54) is 11.1 Å². The molecule has 1 rings (SSSR count). The highest BCUT2D eigenvalue weighted by Gasteiger charge is 2.15. The Bertz CT molecular complexity index is 399. The van der Waals surface area contributed by atoms with Crippen LogP contribution in [-0.2, 0) is 4.79 Å². The maximum Gasteiger partial charge on any atom is 0.258 e. The molecule has 3 nitrogen and oxygen atoms in total. The molecule has 1 unspecified atom stereocenters. The van der Waals surface area contributed by atoms with E-state index >= 15 is 0 Å². The highest BCUT2D eigenvalue weighted by atomic mass is 16.5. The number of aryl methyl sites for hydroxylation is 1. The minimum atomic E-state index is -0.542. The fourth-order valence-electron chi connectivity index (χ4n) is 1.88. The molecule has 1 atom stereocenters. The lowest BCUT2D eigenvalue weighted by Gasteiger charge is -2.16. The van der Waals surface area contributed by atoms with Gasteiger partial charge < -0.3 is 10.5 Å². The van der Waals surface area contributed by atoms with Gasteiger partial charge in [-0.25, -0.2) is 0 Å². The molecule has 0 aliphatic heterocycles. The number of carbonyl (C=O) groups is 1. The highest BCUT2D eigenvalue weighted by Crippen LogP contribution is 2.24. The standard InChI is InChI=1S/C14H21NO2/c1-5-13(14(15)16)17-11-6-7-12(9(2)3)10(4)8-11/h6-9,13H,5H2,1-4H3,(H2,15,16). The molecular formula is C14H21NO2. The predicted molar refractivity (Wildman–Crippen MR) is 69.2 cm³/mol. The summed E-state index contributed by atoms with van der Waals surface area (Å²) in [5.74, 6) is 0.776. The quantitative estimate of drug-likeness (QED) is 0.853. The van der Waals surface area contributed by atoms with Crippen molar-refractivity contribution in [2.24, 2.45) is 5.73 Å². The first-order valence-electron chi connectivity index (χ1n) is 6.02. The van der Waals surface area contributed by atoms with Gasteiger partial charge in [-0.2, -0.15) is 0 Å². The van der Waals surface area contributed by atoms with Gasteiger partial charge in [-0.1, -0.05) is 26.8 Å². The average Bonchev–Trinajstić information content (AvgIpc) is 2.24. The zero-order valence-electron chi connectivity index (χ0n) is 11.0. The van der Waals surface area contributed by atoms with Gasteiger partial charge in [0.25, 0.3) is 5.91 Å². The summed E-state index contributed by atoms with van der Waals surface area (Å²) in [5.41, 5.74) is 7.72. The molecule has 0 radical (unpaired) electrons. The Morgan fingerprint density at radius 2 is 2.06 bits per heavy atom. The van der Waals surface area contributed by atoms with Crippen LogP contribution < -0.4 is 10.5 Å². The van der Waals surface area contributed by atoms with E-state index in [0.717, 1.165) is 0 Å². The number of benzene rings is 1. The molecule has 0 aromatic heterocycles. The van der Waals surface area contributed by atoms with Crippen LogP contribution >= 0.6 is 0 Å². The van der Waals surface area contributed by atoms with E-state index in [1.807, 2.05) is 32.0 Å². The third-order valence-electron chi connectivity index (χ3n) is 2.83. The van der Waals surface area contributed by atoms with Crippen LogP contribution in [0.4, 0.5) is 0 Å². The second-order valence-corrected chi connectivity index (χ2v) is 4.59. The van der Waals surface area contributed by atoms with Crippen LogP contribution in [0.2, 0.25) is 0 Å². The molecule has 0 aliphatic carbocycles. The molecule has 17 heavy (non-hydrogen) atoms. The zero-order valence-corrected chi connectivity index (χ0v) is 11.0. The summed E-state index contributed by atoms with van der Waals surface area (Å²) < 4.78 is 5.57.